The average Bonchev–Trinajstić information content (AvgIpc) is 2.25. The summed E-state index contributed by atoms with van der Waals surface area (Å²) in [4.78, 5) is 13.5. The highest BCUT2D eigenvalue weighted by Crippen LogP contribution is 2.32. The van der Waals surface area contributed by atoms with E-state index < -0.39 is 11.9 Å². The number of carboxylic acids is 1. The minimum Gasteiger partial charge on any atom is -0.481 e. The zero-order valence-corrected chi connectivity index (χ0v) is 11.8. The highest BCUT2D eigenvalue weighted by Gasteiger charge is 2.33. The topological polar surface area (TPSA) is 40.5 Å². The number of rotatable bonds is 5. The number of aryl methyl sites for hydroxylation is 1. The molecule has 0 saturated carbocycles. The van der Waals surface area contributed by atoms with Crippen molar-refractivity contribution < 1.29 is 9.90 Å². The molecule has 2 unspecified atom stereocenters. The van der Waals surface area contributed by atoms with Crippen LogP contribution in [0.25, 0.3) is 0 Å². The molecule has 1 rings (SSSR count). The standard InChI is InChI=1S/C15H23NO2/c1-10(2)13(15(17)18)14(16(4)5)12-8-6-11(3)7-9-12/h6-10,13-14H,1-5H3,(H,17,18). The summed E-state index contributed by atoms with van der Waals surface area (Å²) in [5, 5.41) is 9.45. The molecule has 0 fully saturated rings. The van der Waals surface area contributed by atoms with Crippen molar-refractivity contribution in [2.75, 3.05) is 14.1 Å². The molecule has 3 nitrogen and oxygen atoms in total. The first-order valence-corrected chi connectivity index (χ1v) is 6.30. The summed E-state index contributed by atoms with van der Waals surface area (Å²) >= 11 is 0. The Morgan fingerprint density at radius 3 is 2.00 bits per heavy atom. The van der Waals surface area contributed by atoms with E-state index in [9.17, 15) is 9.90 Å². The third kappa shape index (κ3) is 3.33. The van der Waals surface area contributed by atoms with Crippen LogP contribution in [0.4, 0.5) is 0 Å². The van der Waals surface area contributed by atoms with Crippen molar-refractivity contribution in [1.29, 1.82) is 0 Å². The van der Waals surface area contributed by atoms with Gasteiger partial charge in [0.25, 0.3) is 0 Å². The molecule has 0 aromatic heterocycles. The van der Waals surface area contributed by atoms with Crippen molar-refractivity contribution in [2.45, 2.75) is 26.8 Å². The smallest absolute Gasteiger partial charge is 0.308 e. The SMILES string of the molecule is Cc1ccc(C(C(C(=O)O)C(C)C)N(C)C)cc1. The molecular weight excluding hydrogens is 226 g/mol. The lowest BCUT2D eigenvalue weighted by atomic mass is 9.83. The van der Waals surface area contributed by atoms with Crippen LogP contribution in [0.1, 0.15) is 31.0 Å². The van der Waals surface area contributed by atoms with E-state index in [4.69, 9.17) is 0 Å². The highest BCUT2D eigenvalue weighted by molar-refractivity contribution is 5.71. The van der Waals surface area contributed by atoms with E-state index in [1.54, 1.807) is 0 Å². The third-order valence-corrected chi connectivity index (χ3v) is 3.32. The molecular formula is C15H23NO2. The summed E-state index contributed by atoms with van der Waals surface area (Å²) in [6.45, 7) is 5.96. The van der Waals surface area contributed by atoms with E-state index in [1.807, 2.05) is 64.0 Å². The summed E-state index contributed by atoms with van der Waals surface area (Å²) in [6, 6.07) is 8.02. The fourth-order valence-corrected chi connectivity index (χ4v) is 2.38. The summed E-state index contributed by atoms with van der Waals surface area (Å²) in [6.07, 6.45) is 0. The van der Waals surface area contributed by atoms with Gasteiger partial charge in [-0.1, -0.05) is 43.7 Å². The van der Waals surface area contributed by atoms with Gasteiger partial charge in [-0.25, -0.2) is 0 Å². The number of hydrogen-bond acceptors (Lipinski definition) is 2. The average molecular weight is 249 g/mol. The van der Waals surface area contributed by atoms with Crippen LogP contribution in [-0.2, 0) is 4.79 Å². The maximum absolute atomic E-state index is 11.5. The molecule has 1 aromatic rings. The zero-order chi connectivity index (χ0) is 13.9. The largest absolute Gasteiger partial charge is 0.481 e. The molecule has 3 heteroatoms. The van der Waals surface area contributed by atoms with Gasteiger partial charge in [0.2, 0.25) is 0 Å². The Morgan fingerprint density at radius 1 is 1.17 bits per heavy atom. The van der Waals surface area contributed by atoms with Crippen LogP contribution in [0.2, 0.25) is 0 Å². The molecule has 1 N–H and O–H groups in total. The number of carbonyl (C=O) groups is 1. The van der Waals surface area contributed by atoms with Gasteiger partial charge in [-0.15, -0.1) is 0 Å². The lowest BCUT2D eigenvalue weighted by Gasteiger charge is -2.32. The lowest BCUT2D eigenvalue weighted by molar-refractivity contribution is -0.146. The van der Waals surface area contributed by atoms with Crippen LogP contribution in [0.15, 0.2) is 24.3 Å². The fraction of sp³-hybridized carbons (Fsp3) is 0.533. The van der Waals surface area contributed by atoms with Gasteiger partial charge in [-0.3, -0.25) is 4.79 Å². The molecule has 0 aliphatic rings. The van der Waals surface area contributed by atoms with Crippen molar-refractivity contribution in [1.82, 2.24) is 4.90 Å². The van der Waals surface area contributed by atoms with Gasteiger partial charge in [0, 0.05) is 6.04 Å². The number of nitrogens with zero attached hydrogens (tertiary/aromatic N) is 1. The van der Waals surface area contributed by atoms with Crippen LogP contribution >= 0.6 is 0 Å². The first kappa shape index (κ1) is 14.7. The second-order valence-electron chi connectivity index (χ2n) is 5.43. The van der Waals surface area contributed by atoms with Gasteiger partial charge in [-0.2, -0.15) is 0 Å². The number of carboxylic acid groups (broad SMARTS) is 1. The second kappa shape index (κ2) is 6.01. The molecule has 18 heavy (non-hydrogen) atoms. The maximum Gasteiger partial charge on any atom is 0.308 e. The highest BCUT2D eigenvalue weighted by atomic mass is 16.4. The molecule has 0 aliphatic carbocycles. The van der Waals surface area contributed by atoms with E-state index in [0.29, 0.717) is 0 Å². The molecule has 2 atom stereocenters. The molecule has 0 aliphatic heterocycles. The van der Waals surface area contributed by atoms with Crippen molar-refractivity contribution in [3.8, 4) is 0 Å². The Kier molecular flexibility index (Phi) is 4.91. The Morgan fingerprint density at radius 2 is 1.67 bits per heavy atom. The van der Waals surface area contributed by atoms with Gasteiger partial charge in [0.1, 0.15) is 0 Å². The molecule has 0 saturated heterocycles. The van der Waals surface area contributed by atoms with Crippen LogP contribution in [0, 0.1) is 18.8 Å². The molecule has 0 spiro atoms. The molecule has 0 amide bonds. The molecule has 0 heterocycles. The van der Waals surface area contributed by atoms with Crippen molar-refractivity contribution in [3.63, 3.8) is 0 Å². The normalized spacial score (nSPS) is 14.8. The lowest BCUT2D eigenvalue weighted by Crippen LogP contribution is -2.35. The quantitative estimate of drug-likeness (QED) is 0.872. The predicted molar refractivity (Wildman–Crippen MR) is 73.6 cm³/mol. The molecule has 1 aromatic carbocycles. The number of hydrogen-bond donors (Lipinski definition) is 1. The van der Waals surface area contributed by atoms with Crippen molar-refractivity contribution in [2.24, 2.45) is 11.8 Å². The molecule has 0 radical (unpaired) electrons. The summed E-state index contributed by atoms with van der Waals surface area (Å²) in [5.41, 5.74) is 2.25. The van der Waals surface area contributed by atoms with E-state index in [-0.39, 0.29) is 12.0 Å². The predicted octanol–water partition coefficient (Wildman–Crippen LogP) is 2.95. The molecule has 100 valence electrons. The third-order valence-electron chi connectivity index (χ3n) is 3.32. The fourth-order valence-electron chi connectivity index (χ4n) is 2.38. The molecule has 0 bridgehead atoms. The van der Waals surface area contributed by atoms with Crippen LogP contribution in [-0.4, -0.2) is 30.1 Å². The Balaban J connectivity index is 3.16. The van der Waals surface area contributed by atoms with Crippen LogP contribution < -0.4 is 0 Å². The number of benzene rings is 1. The first-order chi connectivity index (χ1) is 8.34. The monoisotopic (exact) mass is 249 g/mol. The van der Waals surface area contributed by atoms with Gasteiger partial charge in [0.15, 0.2) is 0 Å². The van der Waals surface area contributed by atoms with E-state index in [2.05, 4.69) is 0 Å². The Labute approximate surface area is 109 Å². The Hall–Kier alpha value is -1.35. The van der Waals surface area contributed by atoms with Gasteiger partial charge >= 0.3 is 5.97 Å². The van der Waals surface area contributed by atoms with E-state index in [1.165, 1.54) is 5.56 Å². The minimum absolute atomic E-state index is 0.0937. The first-order valence-electron chi connectivity index (χ1n) is 6.30. The maximum atomic E-state index is 11.5. The number of aliphatic carboxylic acids is 1. The summed E-state index contributed by atoms with van der Waals surface area (Å²) < 4.78 is 0. The summed E-state index contributed by atoms with van der Waals surface area (Å²) in [5.74, 6) is -1.04. The van der Waals surface area contributed by atoms with Gasteiger partial charge < -0.3 is 10.0 Å². The zero-order valence-electron chi connectivity index (χ0n) is 11.8. The second-order valence-corrected chi connectivity index (χ2v) is 5.43. The van der Waals surface area contributed by atoms with Crippen molar-refractivity contribution >= 4 is 5.97 Å². The Bertz CT molecular complexity index is 395. The van der Waals surface area contributed by atoms with Gasteiger partial charge in [-0.05, 0) is 32.5 Å². The van der Waals surface area contributed by atoms with Crippen molar-refractivity contribution in [3.05, 3.63) is 35.4 Å². The minimum atomic E-state index is -0.732. The van der Waals surface area contributed by atoms with E-state index >= 15 is 0 Å². The van der Waals surface area contributed by atoms with Gasteiger partial charge in [0.05, 0.1) is 5.92 Å². The van der Waals surface area contributed by atoms with Crippen LogP contribution in [0.5, 0.6) is 0 Å². The summed E-state index contributed by atoms with van der Waals surface area (Å²) in [7, 11) is 3.87. The van der Waals surface area contributed by atoms with E-state index in [0.717, 1.165) is 5.56 Å². The van der Waals surface area contributed by atoms with Crippen LogP contribution in [0.3, 0.4) is 0 Å².